The van der Waals surface area contributed by atoms with E-state index in [1.807, 2.05) is 0 Å². The molecule has 1 saturated heterocycles. The third-order valence-corrected chi connectivity index (χ3v) is 2.56. The zero-order valence-electron chi connectivity index (χ0n) is 9.87. The summed E-state index contributed by atoms with van der Waals surface area (Å²) in [6, 6.07) is 0. The third kappa shape index (κ3) is 6.05. The fourth-order valence-electron chi connectivity index (χ4n) is 1.58. The summed E-state index contributed by atoms with van der Waals surface area (Å²) in [5.41, 5.74) is 0. The van der Waals surface area contributed by atoms with Crippen LogP contribution in [-0.4, -0.2) is 52.6 Å². The first-order valence-electron chi connectivity index (χ1n) is 5.74. The van der Waals surface area contributed by atoms with E-state index < -0.39 is 0 Å². The highest BCUT2D eigenvalue weighted by Crippen LogP contribution is 2.14. The number of methoxy groups -OCH3 is 1. The molecule has 0 spiro atoms. The molecule has 16 heavy (non-hydrogen) atoms. The zero-order valence-corrected chi connectivity index (χ0v) is 9.87. The number of hydrogen-bond acceptors (Lipinski definition) is 4. The Morgan fingerprint density at radius 3 is 3.06 bits per heavy atom. The van der Waals surface area contributed by atoms with Crippen LogP contribution >= 0.6 is 0 Å². The second-order valence-electron chi connectivity index (χ2n) is 3.91. The summed E-state index contributed by atoms with van der Waals surface area (Å²) < 4.78 is 15.2. The Kier molecular flexibility index (Phi) is 7.12. The molecule has 0 radical (unpaired) electrons. The highest BCUT2D eigenvalue weighted by Gasteiger charge is 2.15. The van der Waals surface area contributed by atoms with Gasteiger partial charge in [0.25, 0.3) is 0 Å². The van der Waals surface area contributed by atoms with Gasteiger partial charge >= 0.3 is 0 Å². The van der Waals surface area contributed by atoms with E-state index in [9.17, 15) is 4.79 Å². The number of amides is 1. The van der Waals surface area contributed by atoms with Crippen molar-refractivity contribution in [3.8, 4) is 0 Å². The van der Waals surface area contributed by atoms with Crippen LogP contribution in [0.3, 0.4) is 0 Å². The molecule has 5 heteroatoms. The van der Waals surface area contributed by atoms with Gasteiger partial charge in [-0.2, -0.15) is 0 Å². The van der Waals surface area contributed by atoms with Gasteiger partial charge in [-0.1, -0.05) is 0 Å². The Morgan fingerprint density at radius 1 is 1.50 bits per heavy atom. The van der Waals surface area contributed by atoms with Crippen LogP contribution in [0.1, 0.15) is 12.8 Å². The van der Waals surface area contributed by atoms with E-state index in [-0.39, 0.29) is 12.5 Å². The van der Waals surface area contributed by atoms with Crippen molar-refractivity contribution >= 4 is 5.91 Å². The van der Waals surface area contributed by atoms with Crippen LogP contribution in [0.2, 0.25) is 0 Å². The SMILES string of the molecule is COCCOCC(=O)NCCC1CCOC1. The van der Waals surface area contributed by atoms with Gasteiger partial charge in [0.05, 0.1) is 13.2 Å². The minimum atomic E-state index is -0.0602. The molecular weight excluding hydrogens is 210 g/mol. The Hall–Kier alpha value is -0.650. The van der Waals surface area contributed by atoms with Crippen molar-refractivity contribution in [2.45, 2.75) is 12.8 Å². The molecule has 5 nitrogen and oxygen atoms in total. The van der Waals surface area contributed by atoms with Crippen molar-refractivity contribution in [2.75, 3.05) is 46.7 Å². The number of rotatable bonds is 8. The van der Waals surface area contributed by atoms with E-state index >= 15 is 0 Å². The van der Waals surface area contributed by atoms with E-state index in [0.717, 1.165) is 26.1 Å². The van der Waals surface area contributed by atoms with Gasteiger partial charge < -0.3 is 19.5 Å². The van der Waals surface area contributed by atoms with E-state index in [1.165, 1.54) is 0 Å². The fourth-order valence-corrected chi connectivity index (χ4v) is 1.58. The molecule has 94 valence electrons. The first kappa shape index (κ1) is 13.4. The minimum absolute atomic E-state index is 0.0602. The standard InChI is InChI=1S/C11H21NO4/c1-14-6-7-16-9-11(13)12-4-2-10-3-5-15-8-10/h10H,2-9H2,1H3,(H,12,13). The average Bonchev–Trinajstić information content (AvgIpc) is 2.77. The summed E-state index contributed by atoms with van der Waals surface area (Å²) in [7, 11) is 1.60. The largest absolute Gasteiger partial charge is 0.382 e. The van der Waals surface area contributed by atoms with Crippen molar-refractivity contribution in [1.29, 1.82) is 0 Å². The van der Waals surface area contributed by atoms with Crippen LogP contribution in [0, 0.1) is 5.92 Å². The molecule has 1 heterocycles. The van der Waals surface area contributed by atoms with Crippen molar-refractivity contribution in [3.63, 3.8) is 0 Å². The monoisotopic (exact) mass is 231 g/mol. The highest BCUT2D eigenvalue weighted by molar-refractivity contribution is 5.77. The lowest BCUT2D eigenvalue weighted by Crippen LogP contribution is -2.30. The summed E-state index contributed by atoms with van der Waals surface area (Å²) in [5, 5.41) is 2.83. The van der Waals surface area contributed by atoms with Crippen molar-refractivity contribution < 1.29 is 19.0 Å². The van der Waals surface area contributed by atoms with Crippen LogP contribution in [0.4, 0.5) is 0 Å². The number of ether oxygens (including phenoxy) is 3. The highest BCUT2D eigenvalue weighted by atomic mass is 16.5. The van der Waals surface area contributed by atoms with E-state index in [2.05, 4.69) is 5.32 Å². The molecule has 0 aromatic carbocycles. The smallest absolute Gasteiger partial charge is 0.245 e. The molecule has 0 aromatic heterocycles. The minimum Gasteiger partial charge on any atom is -0.382 e. The molecule has 0 aromatic rings. The van der Waals surface area contributed by atoms with Gasteiger partial charge in [0, 0.05) is 26.9 Å². The summed E-state index contributed by atoms with van der Waals surface area (Å²) in [6.45, 7) is 3.50. The van der Waals surface area contributed by atoms with Crippen molar-refractivity contribution in [3.05, 3.63) is 0 Å². The maximum atomic E-state index is 11.3. The summed E-state index contributed by atoms with van der Waals surface area (Å²) in [4.78, 5) is 11.3. The zero-order chi connectivity index (χ0) is 11.6. The van der Waals surface area contributed by atoms with Crippen LogP contribution < -0.4 is 5.32 Å². The maximum absolute atomic E-state index is 11.3. The maximum Gasteiger partial charge on any atom is 0.245 e. The molecule has 1 aliphatic rings. The topological polar surface area (TPSA) is 56.8 Å². The molecule has 0 bridgehead atoms. The van der Waals surface area contributed by atoms with Gasteiger partial charge in [0.15, 0.2) is 0 Å². The summed E-state index contributed by atoms with van der Waals surface area (Å²) in [5.74, 6) is 0.546. The van der Waals surface area contributed by atoms with Crippen LogP contribution in [0.5, 0.6) is 0 Å². The predicted octanol–water partition coefficient (Wildman–Crippen LogP) is 0.192. The number of carbonyl (C=O) groups is 1. The first-order valence-corrected chi connectivity index (χ1v) is 5.74. The molecule has 1 fully saturated rings. The molecule has 1 aliphatic heterocycles. The van der Waals surface area contributed by atoms with Crippen LogP contribution in [0.15, 0.2) is 0 Å². The molecule has 1 rings (SSSR count). The number of nitrogens with one attached hydrogen (secondary N) is 1. The Bertz CT molecular complexity index is 192. The fraction of sp³-hybridized carbons (Fsp3) is 0.909. The average molecular weight is 231 g/mol. The summed E-state index contributed by atoms with van der Waals surface area (Å²) in [6.07, 6.45) is 2.10. The molecule has 1 N–H and O–H groups in total. The van der Waals surface area contributed by atoms with Gasteiger partial charge in [0.1, 0.15) is 6.61 Å². The lowest BCUT2D eigenvalue weighted by molar-refractivity contribution is -0.126. The summed E-state index contributed by atoms with van der Waals surface area (Å²) >= 11 is 0. The normalized spacial score (nSPS) is 19.9. The lowest BCUT2D eigenvalue weighted by atomic mass is 10.1. The van der Waals surface area contributed by atoms with Gasteiger partial charge in [-0.3, -0.25) is 4.79 Å². The Balaban J connectivity index is 1.89. The van der Waals surface area contributed by atoms with Crippen LogP contribution in [-0.2, 0) is 19.0 Å². The predicted molar refractivity (Wildman–Crippen MR) is 59.2 cm³/mol. The Labute approximate surface area is 96.4 Å². The van der Waals surface area contributed by atoms with Gasteiger partial charge in [0.2, 0.25) is 5.91 Å². The molecule has 1 atom stereocenters. The molecule has 0 aliphatic carbocycles. The Morgan fingerprint density at radius 2 is 2.38 bits per heavy atom. The molecule has 1 amide bonds. The van der Waals surface area contributed by atoms with Gasteiger partial charge in [-0.05, 0) is 18.8 Å². The van der Waals surface area contributed by atoms with E-state index in [4.69, 9.17) is 14.2 Å². The first-order chi connectivity index (χ1) is 7.83. The van der Waals surface area contributed by atoms with Crippen molar-refractivity contribution in [1.82, 2.24) is 5.32 Å². The number of carbonyl (C=O) groups excluding carboxylic acids is 1. The second kappa shape index (κ2) is 8.50. The quantitative estimate of drug-likeness (QED) is 0.606. The molecular formula is C11H21NO4. The van der Waals surface area contributed by atoms with E-state index in [1.54, 1.807) is 7.11 Å². The third-order valence-electron chi connectivity index (χ3n) is 2.56. The van der Waals surface area contributed by atoms with Gasteiger partial charge in [-0.25, -0.2) is 0 Å². The lowest BCUT2D eigenvalue weighted by Gasteiger charge is -2.09. The number of hydrogen-bond donors (Lipinski definition) is 1. The van der Waals surface area contributed by atoms with Gasteiger partial charge in [-0.15, -0.1) is 0 Å². The van der Waals surface area contributed by atoms with Crippen molar-refractivity contribution in [2.24, 2.45) is 5.92 Å². The molecule has 0 saturated carbocycles. The second-order valence-corrected chi connectivity index (χ2v) is 3.91. The molecule has 1 unspecified atom stereocenters. The van der Waals surface area contributed by atoms with E-state index in [0.29, 0.717) is 25.7 Å². The van der Waals surface area contributed by atoms with Crippen LogP contribution in [0.25, 0.3) is 0 Å².